The summed E-state index contributed by atoms with van der Waals surface area (Å²) < 4.78 is 13.2. The summed E-state index contributed by atoms with van der Waals surface area (Å²) in [6.07, 6.45) is 3.89. The van der Waals surface area contributed by atoms with E-state index in [-0.39, 0.29) is 12.0 Å². The summed E-state index contributed by atoms with van der Waals surface area (Å²) in [7, 11) is 1.64. The lowest BCUT2D eigenvalue weighted by Crippen LogP contribution is -2.24. The number of ether oxygens (including phenoxy) is 2. The molecule has 0 aliphatic carbocycles. The van der Waals surface area contributed by atoms with Crippen molar-refractivity contribution in [3.05, 3.63) is 60.8 Å². The number of methoxy groups -OCH3 is 1. The first-order valence-corrected chi connectivity index (χ1v) is 12.5. The van der Waals surface area contributed by atoms with E-state index >= 15 is 0 Å². The number of pyridine rings is 1. The largest absolute Gasteiger partial charge is 0.497 e. The Balaban J connectivity index is 1.38. The molecule has 1 aliphatic rings. The van der Waals surface area contributed by atoms with Crippen molar-refractivity contribution in [2.75, 3.05) is 19.0 Å². The Labute approximate surface area is 208 Å². The predicted molar refractivity (Wildman–Crippen MR) is 137 cm³/mol. The van der Waals surface area contributed by atoms with Gasteiger partial charge in [-0.1, -0.05) is 17.8 Å². The van der Waals surface area contributed by atoms with Gasteiger partial charge in [0.25, 0.3) is 0 Å². The van der Waals surface area contributed by atoms with Gasteiger partial charge in [-0.3, -0.25) is 14.3 Å². The molecule has 9 heteroatoms. The van der Waals surface area contributed by atoms with Crippen LogP contribution in [0.1, 0.15) is 19.8 Å². The third-order valence-electron chi connectivity index (χ3n) is 6.03. The molecule has 3 heterocycles. The zero-order valence-corrected chi connectivity index (χ0v) is 20.5. The molecule has 1 N–H and O–H groups in total. The van der Waals surface area contributed by atoms with Gasteiger partial charge in [0, 0.05) is 23.8 Å². The summed E-state index contributed by atoms with van der Waals surface area (Å²) in [6, 6.07) is 17.3. The molecule has 5 rings (SSSR count). The molecular weight excluding hydrogens is 462 g/mol. The van der Waals surface area contributed by atoms with E-state index in [1.165, 1.54) is 11.8 Å². The molecule has 2 atom stereocenters. The first kappa shape index (κ1) is 23.3. The number of fused-ring (bicyclic) bond motifs is 1. The van der Waals surface area contributed by atoms with Crippen molar-refractivity contribution < 1.29 is 14.3 Å². The first-order chi connectivity index (χ1) is 17.1. The maximum Gasteiger partial charge on any atom is 0.237 e. The maximum atomic E-state index is 13.1. The van der Waals surface area contributed by atoms with E-state index in [1.54, 1.807) is 13.3 Å². The summed E-state index contributed by atoms with van der Waals surface area (Å²) in [5.41, 5.74) is 2.52. The minimum absolute atomic E-state index is 0.106. The SMILES string of the molecule is COc1ccc(-c2nnc(SC(C)C(=O)Nc3cccc4ncccc34)n2CC2CCCO2)cc1. The van der Waals surface area contributed by atoms with Crippen LogP contribution in [0, 0.1) is 0 Å². The average molecular weight is 490 g/mol. The smallest absolute Gasteiger partial charge is 0.237 e. The third kappa shape index (κ3) is 5.16. The van der Waals surface area contributed by atoms with Crippen molar-refractivity contribution >= 4 is 34.3 Å². The van der Waals surface area contributed by atoms with Crippen LogP contribution in [0.25, 0.3) is 22.3 Å². The summed E-state index contributed by atoms with van der Waals surface area (Å²) >= 11 is 1.39. The highest BCUT2D eigenvalue weighted by Gasteiger charge is 2.25. The molecule has 8 nitrogen and oxygen atoms in total. The van der Waals surface area contributed by atoms with E-state index in [0.29, 0.717) is 11.7 Å². The Morgan fingerprint density at radius 3 is 2.83 bits per heavy atom. The summed E-state index contributed by atoms with van der Waals surface area (Å²) in [4.78, 5) is 17.5. The Bertz CT molecular complexity index is 1310. The standard InChI is InChI=1S/C26H27N5O3S/c1-17(25(32)28-23-9-3-8-22-21(23)7-4-14-27-22)35-26-30-29-24(18-10-12-19(33-2)13-11-18)31(26)16-20-6-5-15-34-20/h3-4,7-14,17,20H,5-6,15-16H2,1-2H3,(H,28,32). The number of rotatable bonds is 8. The van der Waals surface area contributed by atoms with Crippen LogP contribution in [0.2, 0.25) is 0 Å². The molecule has 2 aromatic carbocycles. The van der Waals surface area contributed by atoms with Crippen LogP contribution < -0.4 is 10.1 Å². The zero-order valence-electron chi connectivity index (χ0n) is 19.7. The molecule has 0 saturated carbocycles. The number of aromatic nitrogens is 4. The molecule has 1 amide bonds. The number of hydrogen-bond donors (Lipinski definition) is 1. The van der Waals surface area contributed by atoms with Gasteiger partial charge in [0.15, 0.2) is 11.0 Å². The van der Waals surface area contributed by atoms with Crippen LogP contribution in [0.4, 0.5) is 5.69 Å². The number of nitrogens with one attached hydrogen (secondary N) is 1. The van der Waals surface area contributed by atoms with Gasteiger partial charge >= 0.3 is 0 Å². The molecule has 35 heavy (non-hydrogen) atoms. The number of benzene rings is 2. The lowest BCUT2D eigenvalue weighted by molar-refractivity contribution is -0.115. The molecule has 1 saturated heterocycles. The fraction of sp³-hybridized carbons (Fsp3) is 0.308. The number of anilines is 1. The van der Waals surface area contributed by atoms with E-state index < -0.39 is 5.25 Å². The second kappa shape index (κ2) is 10.5. The van der Waals surface area contributed by atoms with E-state index in [9.17, 15) is 4.79 Å². The molecule has 2 aromatic heterocycles. The van der Waals surface area contributed by atoms with Crippen LogP contribution in [-0.4, -0.2) is 50.7 Å². The van der Waals surface area contributed by atoms with Gasteiger partial charge in [0.05, 0.1) is 36.2 Å². The first-order valence-electron chi connectivity index (χ1n) is 11.6. The Morgan fingerprint density at radius 2 is 2.06 bits per heavy atom. The van der Waals surface area contributed by atoms with Crippen molar-refractivity contribution in [3.63, 3.8) is 0 Å². The number of thioether (sulfide) groups is 1. The molecule has 1 aliphatic heterocycles. The highest BCUT2D eigenvalue weighted by Crippen LogP contribution is 2.30. The quantitative estimate of drug-likeness (QED) is 0.356. The lowest BCUT2D eigenvalue weighted by Gasteiger charge is -2.17. The normalized spacial score (nSPS) is 16.3. The maximum absolute atomic E-state index is 13.1. The number of carbonyl (C=O) groups is 1. The molecular formula is C26H27N5O3S. The minimum atomic E-state index is -0.391. The van der Waals surface area contributed by atoms with E-state index in [1.807, 2.05) is 61.5 Å². The van der Waals surface area contributed by atoms with Crippen LogP contribution in [0.3, 0.4) is 0 Å². The molecule has 2 unspecified atom stereocenters. The summed E-state index contributed by atoms with van der Waals surface area (Å²) in [5.74, 6) is 1.42. The minimum Gasteiger partial charge on any atom is -0.497 e. The second-order valence-electron chi connectivity index (χ2n) is 8.41. The van der Waals surface area contributed by atoms with Gasteiger partial charge < -0.3 is 14.8 Å². The van der Waals surface area contributed by atoms with Crippen LogP contribution in [0.5, 0.6) is 5.75 Å². The van der Waals surface area contributed by atoms with Crippen LogP contribution >= 0.6 is 11.8 Å². The van der Waals surface area contributed by atoms with Gasteiger partial charge in [0.2, 0.25) is 5.91 Å². The Hall–Kier alpha value is -3.43. The number of amides is 1. The fourth-order valence-electron chi connectivity index (χ4n) is 4.14. The molecule has 4 aromatic rings. The van der Waals surface area contributed by atoms with Gasteiger partial charge in [-0.2, -0.15) is 0 Å². The highest BCUT2D eigenvalue weighted by molar-refractivity contribution is 8.00. The Kier molecular flexibility index (Phi) is 6.96. The molecule has 0 bridgehead atoms. The number of carbonyl (C=O) groups excluding carboxylic acids is 1. The topological polar surface area (TPSA) is 91.2 Å². The highest BCUT2D eigenvalue weighted by atomic mass is 32.2. The molecule has 1 fully saturated rings. The van der Waals surface area contributed by atoms with Gasteiger partial charge in [-0.05, 0) is 68.3 Å². The van der Waals surface area contributed by atoms with E-state index in [0.717, 1.165) is 53.2 Å². The van der Waals surface area contributed by atoms with Crippen molar-refractivity contribution in [2.45, 2.75) is 42.8 Å². The van der Waals surface area contributed by atoms with E-state index in [2.05, 4.69) is 25.1 Å². The number of nitrogens with zero attached hydrogens (tertiary/aromatic N) is 4. The monoisotopic (exact) mass is 489 g/mol. The van der Waals surface area contributed by atoms with Crippen molar-refractivity contribution in [2.24, 2.45) is 0 Å². The van der Waals surface area contributed by atoms with E-state index in [4.69, 9.17) is 9.47 Å². The second-order valence-corrected chi connectivity index (χ2v) is 9.71. The van der Waals surface area contributed by atoms with Crippen molar-refractivity contribution in [3.8, 4) is 17.1 Å². The predicted octanol–water partition coefficient (Wildman–Crippen LogP) is 4.80. The Morgan fingerprint density at radius 1 is 1.20 bits per heavy atom. The average Bonchev–Trinajstić information content (AvgIpc) is 3.55. The van der Waals surface area contributed by atoms with Crippen molar-refractivity contribution in [1.29, 1.82) is 0 Å². The molecule has 0 radical (unpaired) electrons. The zero-order chi connectivity index (χ0) is 24.2. The van der Waals surface area contributed by atoms with Gasteiger partial charge in [-0.25, -0.2) is 0 Å². The van der Waals surface area contributed by atoms with Crippen molar-refractivity contribution in [1.82, 2.24) is 19.7 Å². The molecule has 0 spiro atoms. The van der Waals surface area contributed by atoms with Gasteiger partial charge in [0.1, 0.15) is 5.75 Å². The lowest BCUT2D eigenvalue weighted by atomic mass is 10.2. The van der Waals surface area contributed by atoms with Crippen LogP contribution in [-0.2, 0) is 16.1 Å². The third-order valence-corrected chi connectivity index (χ3v) is 7.11. The summed E-state index contributed by atoms with van der Waals surface area (Å²) in [5, 5.41) is 13.2. The molecule has 180 valence electrons. The number of hydrogen-bond acceptors (Lipinski definition) is 7. The van der Waals surface area contributed by atoms with Crippen LogP contribution in [0.15, 0.2) is 66.0 Å². The summed E-state index contributed by atoms with van der Waals surface area (Å²) in [6.45, 7) is 3.29. The van der Waals surface area contributed by atoms with Gasteiger partial charge in [-0.15, -0.1) is 10.2 Å². The fourth-order valence-corrected chi connectivity index (χ4v) is 5.00.